The number of nitrogens with one attached hydrogen (secondary N) is 1. The van der Waals surface area contributed by atoms with E-state index in [-0.39, 0.29) is 24.2 Å². The molecule has 3 heteroatoms. The molecule has 1 aromatic carbocycles. The van der Waals surface area contributed by atoms with Crippen molar-refractivity contribution in [2.24, 2.45) is 5.92 Å². The first-order valence-corrected chi connectivity index (χ1v) is 7.46. The highest BCUT2D eigenvalue weighted by molar-refractivity contribution is 6.00. The Labute approximate surface area is 120 Å². The summed E-state index contributed by atoms with van der Waals surface area (Å²) in [7, 11) is 0. The van der Waals surface area contributed by atoms with E-state index in [4.69, 9.17) is 0 Å². The van der Waals surface area contributed by atoms with Crippen LogP contribution >= 0.6 is 0 Å². The van der Waals surface area contributed by atoms with Gasteiger partial charge >= 0.3 is 0 Å². The average Bonchev–Trinajstić information content (AvgIpc) is 2.47. The molecule has 108 valence electrons. The number of hydrogen-bond acceptors (Lipinski definition) is 2. The molecule has 0 aromatic heterocycles. The summed E-state index contributed by atoms with van der Waals surface area (Å²) in [6.45, 7) is 4.01. The lowest BCUT2D eigenvalue weighted by atomic mass is 9.88. The van der Waals surface area contributed by atoms with Gasteiger partial charge in [-0.15, -0.1) is 0 Å². The maximum atomic E-state index is 12.2. The SMILES string of the molecule is Cc1ccc(C)c(C(=O)CNC(=O)C2CCCCC2)c1. The Kier molecular flexibility index (Phi) is 4.94. The molecule has 1 aromatic rings. The second-order valence-corrected chi connectivity index (χ2v) is 5.79. The first-order valence-electron chi connectivity index (χ1n) is 7.46. The lowest BCUT2D eigenvalue weighted by molar-refractivity contribution is -0.125. The molecular formula is C17H23NO2. The number of carbonyl (C=O) groups is 2. The molecule has 1 fully saturated rings. The van der Waals surface area contributed by atoms with Crippen molar-refractivity contribution in [1.82, 2.24) is 5.32 Å². The summed E-state index contributed by atoms with van der Waals surface area (Å²) in [6.07, 6.45) is 5.41. The molecule has 2 rings (SSSR count). The van der Waals surface area contributed by atoms with Gasteiger partial charge in [-0.2, -0.15) is 0 Å². The van der Waals surface area contributed by atoms with E-state index in [0.717, 1.165) is 36.8 Å². The van der Waals surface area contributed by atoms with E-state index < -0.39 is 0 Å². The zero-order valence-corrected chi connectivity index (χ0v) is 12.4. The molecule has 20 heavy (non-hydrogen) atoms. The zero-order valence-electron chi connectivity index (χ0n) is 12.4. The van der Waals surface area contributed by atoms with Crippen LogP contribution < -0.4 is 5.32 Å². The van der Waals surface area contributed by atoms with Crippen LogP contribution in [0.25, 0.3) is 0 Å². The molecule has 0 spiro atoms. The van der Waals surface area contributed by atoms with Gasteiger partial charge < -0.3 is 5.32 Å². The van der Waals surface area contributed by atoms with Gasteiger partial charge in [0.2, 0.25) is 5.91 Å². The molecule has 3 nitrogen and oxygen atoms in total. The monoisotopic (exact) mass is 273 g/mol. The summed E-state index contributed by atoms with van der Waals surface area (Å²) in [5, 5.41) is 2.81. The lowest BCUT2D eigenvalue weighted by Gasteiger charge is -2.20. The molecule has 1 aliphatic rings. The fourth-order valence-corrected chi connectivity index (χ4v) is 2.81. The van der Waals surface area contributed by atoms with Crippen LogP contribution in [0.1, 0.15) is 53.6 Å². The fraction of sp³-hybridized carbons (Fsp3) is 0.529. The summed E-state index contributed by atoms with van der Waals surface area (Å²) in [4.78, 5) is 24.2. The predicted molar refractivity (Wildman–Crippen MR) is 79.8 cm³/mol. The van der Waals surface area contributed by atoms with E-state index >= 15 is 0 Å². The Bertz CT molecular complexity index is 502. The highest BCUT2D eigenvalue weighted by Gasteiger charge is 2.21. The average molecular weight is 273 g/mol. The molecule has 0 unspecified atom stereocenters. The minimum Gasteiger partial charge on any atom is -0.348 e. The van der Waals surface area contributed by atoms with Crippen molar-refractivity contribution >= 4 is 11.7 Å². The van der Waals surface area contributed by atoms with E-state index in [1.54, 1.807) is 0 Å². The van der Waals surface area contributed by atoms with Gasteiger partial charge in [0.15, 0.2) is 5.78 Å². The number of aryl methyl sites for hydroxylation is 2. The van der Waals surface area contributed by atoms with Crippen molar-refractivity contribution in [2.45, 2.75) is 46.0 Å². The van der Waals surface area contributed by atoms with Crippen molar-refractivity contribution in [2.75, 3.05) is 6.54 Å². The summed E-state index contributed by atoms with van der Waals surface area (Å²) in [5.41, 5.74) is 2.75. The van der Waals surface area contributed by atoms with E-state index in [1.165, 1.54) is 6.42 Å². The molecule has 0 heterocycles. The Morgan fingerprint density at radius 2 is 1.85 bits per heavy atom. The Hall–Kier alpha value is -1.64. The van der Waals surface area contributed by atoms with Gasteiger partial charge in [-0.1, -0.05) is 37.0 Å². The van der Waals surface area contributed by atoms with Crippen molar-refractivity contribution < 1.29 is 9.59 Å². The molecule has 1 N–H and O–H groups in total. The number of hydrogen-bond donors (Lipinski definition) is 1. The number of benzene rings is 1. The third kappa shape index (κ3) is 3.69. The van der Waals surface area contributed by atoms with Crippen LogP contribution in [-0.2, 0) is 4.79 Å². The van der Waals surface area contributed by atoms with Crippen LogP contribution in [-0.4, -0.2) is 18.2 Å². The van der Waals surface area contributed by atoms with Crippen molar-refractivity contribution in [3.8, 4) is 0 Å². The maximum Gasteiger partial charge on any atom is 0.223 e. The van der Waals surface area contributed by atoms with Gasteiger partial charge in [0.1, 0.15) is 0 Å². The van der Waals surface area contributed by atoms with Crippen LogP contribution in [0, 0.1) is 19.8 Å². The van der Waals surface area contributed by atoms with Gasteiger partial charge in [0.25, 0.3) is 0 Å². The lowest BCUT2D eigenvalue weighted by Crippen LogP contribution is -2.35. The minimum atomic E-state index is -0.00430. The fourth-order valence-electron chi connectivity index (χ4n) is 2.81. The van der Waals surface area contributed by atoms with E-state index in [1.807, 2.05) is 32.0 Å². The summed E-state index contributed by atoms with van der Waals surface area (Å²) in [5.74, 6) is 0.147. The minimum absolute atomic E-state index is 0.00430. The van der Waals surface area contributed by atoms with Crippen LogP contribution in [0.4, 0.5) is 0 Å². The number of rotatable bonds is 4. The number of amides is 1. The molecule has 0 bridgehead atoms. The van der Waals surface area contributed by atoms with Crippen molar-refractivity contribution in [3.63, 3.8) is 0 Å². The molecule has 0 atom stereocenters. The van der Waals surface area contributed by atoms with Crippen LogP contribution in [0.5, 0.6) is 0 Å². The molecule has 0 saturated heterocycles. The molecule has 1 aliphatic carbocycles. The molecule has 0 radical (unpaired) electrons. The second kappa shape index (κ2) is 6.69. The third-order valence-corrected chi connectivity index (χ3v) is 4.09. The quantitative estimate of drug-likeness (QED) is 0.856. The van der Waals surface area contributed by atoms with Crippen molar-refractivity contribution in [3.05, 3.63) is 34.9 Å². The van der Waals surface area contributed by atoms with Gasteiger partial charge in [-0.05, 0) is 38.3 Å². The number of Topliss-reactive ketones (excluding diaryl/α,β-unsaturated/α-hetero) is 1. The van der Waals surface area contributed by atoms with Gasteiger partial charge in [-0.25, -0.2) is 0 Å². The van der Waals surface area contributed by atoms with Crippen LogP contribution in [0.15, 0.2) is 18.2 Å². The largest absolute Gasteiger partial charge is 0.348 e. The summed E-state index contributed by atoms with van der Waals surface area (Å²) in [6, 6.07) is 5.84. The van der Waals surface area contributed by atoms with Crippen molar-refractivity contribution in [1.29, 1.82) is 0 Å². The Morgan fingerprint density at radius 3 is 2.55 bits per heavy atom. The predicted octanol–water partition coefficient (Wildman–Crippen LogP) is 3.18. The van der Waals surface area contributed by atoms with E-state index in [9.17, 15) is 9.59 Å². The Balaban J connectivity index is 1.91. The third-order valence-electron chi connectivity index (χ3n) is 4.09. The highest BCUT2D eigenvalue weighted by atomic mass is 16.2. The summed E-state index contributed by atoms with van der Waals surface area (Å²) < 4.78 is 0. The van der Waals surface area contributed by atoms with E-state index in [0.29, 0.717) is 5.56 Å². The Morgan fingerprint density at radius 1 is 1.15 bits per heavy atom. The van der Waals surface area contributed by atoms with Crippen LogP contribution in [0.2, 0.25) is 0 Å². The van der Waals surface area contributed by atoms with Gasteiger partial charge in [-0.3, -0.25) is 9.59 Å². The first kappa shape index (κ1) is 14.8. The maximum absolute atomic E-state index is 12.2. The highest BCUT2D eigenvalue weighted by Crippen LogP contribution is 2.23. The van der Waals surface area contributed by atoms with Gasteiger partial charge in [0, 0.05) is 11.5 Å². The summed E-state index contributed by atoms with van der Waals surface area (Å²) >= 11 is 0. The molecule has 0 aliphatic heterocycles. The normalized spacial score (nSPS) is 15.9. The van der Waals surface area contributed by atoms with E-state index in [2.05, 4.69) is 5.32 Å². The number of carbonyl (C=O) groups excluding carboxylic acids is 2. The molecular weight excluding hydrogens is 250 g/mol. The number of ketones is 1. The molecule has 1 saturated carbocycles. The van der Waals surface area contributed by atoms with Gasteiger partial charge in [0.05, 0.1) is 6.54 Å². The topological polar surface area (TPSA) is 46.2 Å². The first-order chi connectivity index (χ1) is 9.58. The second-order valence-electron chi connectivity index (χ2n) is 5.79. The van der Waals surface area contributed by atoms with Crippen LogP contribution in [0.3, 0.4) is 0 Å². The standard InChI is InChI=1S/C17H23NO2/c1-12-8-9-13(2)15(10-12)16(19)11-18-17(20)14-6-4-3-5-7-14/h8-10,14H,3-7,11H2,1-2H3,(H,18,20). The smallest absolute Gasteiger partial charge is 0.223 e. The zero-order chi connectivity index (χ0) is 14.5. The molecule has 1 amide bonds.